The number of fused-ring (bicyclic) bond motifs is 3. The van der Waals surface area contributed by atoms with Crippen LogP contribution in [0.3, 0.4) is 0 Å². The van der Waals surface area contributed by atoms with Crippen molar-refractivity contribution < 1.29 is 9.84 Å². The van der Waals surface area contributed by atoms with Gasteiger partial charge in [0.15, 0.2) is 0 Å². The summed E-state index contributed by atoms with van der Waals surface area (Å²) in [6, 6.07) is 28.3. The maximum Gasteiger partial charge on any atom is 0.119 e. The molecule has 0 unspecified atom stereocenters. The number of rotatable bonds is 6. The van der Waals surface area contributed by atoms with Crippen molar-refractivity contribution in [3.8, 4) is 50.8 Å². The van der Waals surface area contributed by atoms with Gasteiger partial charge in [-0.05, 0) is 82.8 Å². The van der Waals surface area contributed by atoms with Gasteiger partial charge in [-0.15, -0.1) is 10.2 Å². The van der Waals surface area contributed by atoms with Gasteiger partial charge in [0, 0.05) is 11.1 Å². The molecule has 2 heterocycles. The Bertz CT molecular complexity index is 1670. The van der Waals surface area contributed by atoms with Gasteiger partial charge in [-0.2, -0.15) is 0 Å². The van der Waals surface area contributed by atoms with Gasteiger partial charge in [-0.3, -0.25) is 0 Å². The molecule has 0 aliphatic heterocycles. The maximum atomic E-state index is 9.30. The van der Waals surface area contributed by atoms with E-state index in [9.17, 15) is 5.11 Å². The average molecular weight is 513 g/mol. The van der Waals surface area contributed by atoms with Crippen molar-refractivity contribution in [3.05, 3.63) is 114 Å². The van der Waals surface area contributed by atoms with E-state index in [1.807, 2.05) is 60.9 Å². The van der Waals surface area contributed by atoms with Crippen LogP contribution >= 0.6 is 0 Å². The third-order valence-corrected chi connectivity index (χ3v) is 7.19. The number of hydrogen-bond acceptors (Lipinski definition) is 6. The van der Waals surface area contributed by atoms with E-state index in [2.05, 4.69) is 57.0 Å². The fourth-order valence-corrected chi connectivity index (χ4v) is 5.02. The predicted molar refractivity (Wildman–Crippen MR) is 148 cm³/mol. The molecule has 8 heteroatoms. The molecule has 0 amide bonds. The number of aromatic nitrogens is 6. The number of benzene rings is 4. The summed E-state index contributed by atoms with van der Waals surface area (Å²) in [5.74, 6) is 0.801. The van der Waals surface area contributed by atoms with Gasteiger partial charge in [0.1, 0.15) is 17.1 Å². The van der Waals surface area contributed by atoms with Crippen molar-refractivity contribution in [2.45, 2.75) is 13.0 Å². The molecular weight excluding hydrogens is 488 g/mol. The monoisotopic (exact) mass is 512 g/mol. The third kappa shape index (κ3) is 4.17. The summed E-state index contributed by atoms with van der Waals surface area (Å²) in [5.41, 5.74) is 11.3. The van der Waals surface area contributed by atoms with Crippen molar-refractivity contribution >= 4 is 0 Å². The topological polar surface area (TPSA) is 90.9 Å². The zero-order valence-corrected chi connectivity index (χ0v) is 21.2. The second-order valence-corrected chi connectivity index (χ2v) is 9.54. The molecule has 0 saturated heterocycles. The van der Waals surface area contributed by atoms with Gasteiger partial charge < -0.3 is 9.84 Å². The summed E-state index contributed by atoms with van der Waals surface area (Å²) in [6.45, 7) is 0.0161. The lowest BCUT2D eigenvalue weighted by Crippen LogP contribution is -1.95. The molecule has 7 rings (SSSR count). The van der Waals surface area contributed by atoms with E-state index in [4.69, 9.17) is 4.74 Å². The molecule has 0 spiro atoms. The van der Waals surface area contributed by atoms with Gasteiger partial charge >= 0.3 is 0 Å². The minimum atomic E-state index is 0.0161. The third-order valence-electron chi connectivity index (χ3n) is 7.19. The van der Waals surface area contributed by atoms with Crippen LogP contribution in [-0.2, 0) is 13.0 Å². The Labute approximate surface area is 224 Å². The Balaban J connectivity index is 1.19. The van der Waals surface area contributed by atoms with Crippen LogP contribution in [-0.4, -0.2) is 42.2 Å². The first-order chi connectivity index (χ1) is 19.2. The van der Waals surface area contributed by atoms with E-state index in [1.165, 1.54) is 22.3 Å². The molecule has 0 fully saturated rings. The van der Waals surface area contributed by atoms with Crippen molar-refractivity contribution in [1.82, 2.24) is 30.0 Å². The standard InChI is InChI=1S/C31H24N6O2/c1-39-27-12-10-26(11-13-27)37-18-31(33-35-37)24-7-5-22-14-21-4-6-23(15-28(21)29(22)16-24)30-17-36(34-32-30)25-8-2-20(19-38)3-9-25/h2-13,15-18,38H,14,19H2,1H3. The smallest absolute Gasteiger partial charge is 0.119 e. The van der Waals surface area contributed by atoms with E-state index < -0.39 is 0 Å². The van der Waals surface area contributed by atoms with E-state index in [1.54, 1.807) is 16.5 Å². The lowest BCUT2D eigenvalue weighted by Gasteiger charge is -2.05. The molecule has 2 aromatic heterocycles. The zero-order valence-electron chi connectivity index (χ0n) is 21.2. The van der Waals surface area contributed by atoms with Crippen molar-refractivity contribution in [2.24, 2.45) is 0 Å². The Kier molecular flexibility index (Phi) is 5.53. The number of nitrogens with zero attached hydrogens (tertiary/aromatic N) is 6. The van der Waals surface area contributed by atoms with Gasteiger partial charge in [0.25, 0.3) is 0 Å². The zero-order chi connectivity index (χ0) is 26.3. The largest absolute Gasteiger partial charge is 0.497 e. The van der Waals surface area contributed by atoms with Crippen LogP contribution in [0, 0.1) is 0 Å². The second kappa shape index (κ2) is 9.34. The highest BCUT2D eigenvalue weighted by Gasteiger charge is 2.21. The summed E-state index contributed by atoms with van der Waals surface area (Å²) in [6.07, 6.45) is 4.77. The number of aliphatic hydroxyl groups is 1. The first kappa shape index (κ1) is 23.1. The van der Waals surface area contributed by atoms with E-state index in [0.29, 0.717) is 0 Å². The normalized spacial score (nSPS) is 11.8. The van der Waals surface area contributed by atoms with Crippen molar-refractivity contribution in [1.29, 1.82) is 0 Å². The molecule has 1 aliphatic rings. The molecule has 4 aromatic carbocycles. The van der Waals surface area contributed by atoms with Gasteiger partial charge in [-0.1, -0.05) is 46.8 Å². The highest BCUT2D eigenvalue weighted by atomic mass is 16.5. The number of ether oxygens (including phenoxy) is 1. The Morgan fingerprint density at radius 2 is 1.21 bits per heavy atom. The molecule has 6 aromatic rings. The highest BCUT2D eigenvalue weighted by Crippen LogP contribution is 2.40. The summed E-state index contributed by atoms with van der Waals surface area (Å²) < 4.78 is 8.78. The molecule has 190 valence electrons. The second-order valence-electron chi connectivity index (χ2n) is 9.54. The minimum Gasteiger partial charge on any atom is -0.497 e. The summed E-state index contributed by atoms with van der Waals surface area (Å²) in [5, 5.41) is 26.8. The van der Waals surface area contributed by atoms with Crippen molar-refractivity contribution in [2.75, 3.05) is 7.11 Å². The summed E-state index contributed by atoms with van der Waals surface area (Å²) in [7, 11) is 1.65. The van der Waals surface area contributed by atoms with Crippen molar-refractivity contribution in [3.63, 3.8) is 0 Å². The van der Waals surface area contributed by atoms with Crippen LogP contribution in [0.25, 0.3) is 45.0 Å². The Hall–Kier alpha value is -5.08. The molecule has 0 radical (unpaired) electrons. The fourth-order valence-electron chi connectivity index (χ4n) is 5.02. The molecular formula is C31H24N6O2. The lowest BCUT2D eigenvalue weighted by molar-refractivity contribution is 0.282. The fraction of sp³-hybridized carbons (Fsp3) is 0.0968. The first-order valence-corrected chi connectivity index (χ1v) is 12.6. The minimum absolute atomic E-state index is 0.0161. The molecule has 1 aliphatic carbocycles. The SMILES string of the molecule is COc1ccc(-n2cc(-c3ccc4c(c3)-c3cc(-c5cn(-c6ccc(CO)cc6)nn5)ccc3C4)nn2)cc1. The summed E-state index contributed by atoms with van der Waals surface area (Å²) in [4.78, 5) is 0. The average Bonchev–Trinajstić information content (AvgIpc) is 3.75. The van der Waals surface area contributed by atoms with Crippen LogP contribution < -0.4 is 4.74 Å². The molecule has 8 nitrogen and oxygen atoms in total. The van der Waals surface area contributed by atoms with Crippen LogP contribution in [0.4, 0.5) is 0 Å². The Morgan fingerprint density at radius 1 is 0.692 bits per heavy atom. The molecule has 0 saturated carbocycles. The predicted octanol–water partition coefficient (Wildman–Crippen LogP) is 5.25. The van der Waals surface area contributed by atoms with Crippen LogP contribution in [0.2, 0.25) is 0 Å². The quantitative estimate of drug-likeness (QED) is 0.327. The van der Waals surface area contributed by atoms with Gasteiger partial charge in [0.05, 0.1) is 37.5 Å². The van der Waals surface area contributed by atoms with Crippen LogP contribution in [0.5, 0.6) is 5.75 Å². The van der Waals surface area contributed by atoms with Gasteiger partial charge in [0.2, 0.25) is 0 Å². The van der Waals surface area contributed by atoms with Gasteiger partial charge in [-0.25, -0.2) is 9.36 Å². The molecule has 0 atom stereocenters. The number of hydrogen-bond donors (Lipinski definition) is 1. The number of aliphatic hydroxyl groups excluding tert-OH is 1. The molecule has 0 bridgehead atoms. The first-order valence-electron chi connectivity index (χ1n) is 12.6. The highest BCUT2D eigenvalue weighted by molar-refractivity contribution is 5.83. The lowest BCUT2D eigenvalue weighted by atomic mass is 9.99. The maximum absolute atomic E-state index is 9.30. The van der Waals surface area contributed by atoms with Crippen LogP contribution in [0.15, 0.2) is 97.3 Å². The van der Waals surface area contributed by atoms with E-state index in [0.717, 1.165) is 51.6 Å². The number of methoxy groups -OCH3 is 1. The molecule has 39 heavy (non-hydrogen) atoms. The molecule has 1 N–H and O–H groups in total. The van der Waals surface area contributed by atoms with E-state index in [-0.39, 0.29) is 6.61 Å². The Morgan fingerprint density at radius 3 is 1.69 bits per heavy atom. The summed E-state index contributed by atoms with van der Waals surface area (Å²) >= 11 is 0. The van der Waals surface area contributed by atoms with Crippen LogP contribution in [0.1, 0.15) is 16.7 Å². The van der Waals surface area contributed by atoms with E-state index >= 15 is 0 Å².